The van der Waals surface area contributed by atoms with Crippen LogP contribution >= 0.6 is 0 Å². The van der Waals surface area contributed by atoms with Crippen molar-refractivity contribution in [3.05, 3.63) is 0 Å². The third kappa shape index (κ3) is 6.35. The minimum Gasteiger partial charge on any atom is -0.328 e. The Kier molecular flexibility index (Phi) is 5.64. The molecule has 0 saturated heterocycles. The van der Waals surface area contributed by atoms with Crippen molar-refractivity contribution in [2.75, 3.05) is 0 Å². The molecule has 0 radical (unpaired) electrons. The smallest absolute Gasteiger partial charge is 0.00156 e. The van der Waals surface area contributed by atoms with E-state index in [1.807, 2.05) is 20.8 Å². The Hall–Kier alpha value is -0.120. The first-order valence-electron chi connectivity index (χ1n) is 5.52. The van der Waals surface area contributed by atoms with Gasteiger partial charge in [-0.1, -0.05) is 6.92 Å². The van der Waals surface area contributed by atoms with E-state index in [4.69, 9.17) is 17.2 Å². The van der Waals surface area contributed by atoms with Gasteiger partial charge >= 0.3 is 0 Å². The van der Waals surface area contributed by atoms with Gasteiger partial charge in [-0.25, -0.2) is 0 Å². The van der Waals surface area contributed by atoms with E-state index in [1.54, 1.807) is 0 Å². The topological polar surface area (TPSA) is 78.1 Å². The molecule has 6 N–H and O–H groups in total. The number of nitrogens with two attached hydrogens (primary N) is 3. The van der Waals surface area contributed by atoms with Crippen LogP contribution in [0.3, 0.4) is 0 Å². The van der Waals surface area contributed by atoms with E-state index in [-0.39, 0.29) is 23.5 Å². The van der Waals surface area contributed by atoms with Crippen molar-refractivity contribution in [2.45, 2.75) is 65.1 Å². The zero-order chi connectivity index (χ0) is 11.4. The lowest BCUT2D eigenvalue weighted by atomic mass is 9.74. The first kappa shape index (κ1) is 13.9. The summed E-state index contributed by atoms with van der Waals surface area (Å²) in [7, 11) is 0. The highest BCUT2D eigenvalue weighted by atomic mass is 14.7. The fourth-order valence-corrected chi connectivity index (χ4v) is 2.58. The van der Waals surface area contributed by atoms with Gasteiger partial charge in [-0.05, 0) is 45.4 Å². The van der Waals surface area contributed by atoms with E-state index in [2.05, 4.69) is 6.92 Å². The fourth-order valence-electron chi connectivity index (χ4n) is 2.58. The Morgan fingerprint density at radius 2 is 1.00 bits per heavy atom. The quantitative estimate of drug-likeness (QED) is 0.604. The summed E-state index contributed by atoms with van der Waals surface area (Å²) in [4.78, 5) is 0. The number of rotatable bonds is 6. The second-order valence-corrected chi connectivity index (χ2v) is 5.35. The standard InChI is InChI=1S/C11H27N3/c1-8(12)5-11(4,6-9(2)13)7-10(3)14/h8-10H,5-7,12-14H2,1-4H3. The molecule has 0 aromatic carbocycles. The van der Waals surface area contributed by atoms with Crippen LogP contribution in [0.5, 0.6) is 0 Å². The van der Waals surface area contributed by atoms with Gasteiger partial charge in [0.2, 0.25) is 0 Å². The van der Waals surface area contributed by atoms with Crippen LogP contribution < -0.4 is 17.2 Å². The van der Waals surface area contributed by atoms with Crippen LogP contribution in [0.1, 0.15) is 47.0 Å². The second-order valence-electron chi connectivity index (χ2n) is 5.35. The Balaban J connectivity index is 4.32. The van der Waals surface area contributed by atoms with Crippen molar-refractivity contribution in [3.8, 4) is 0 Å². The lowest BCUT2D eigenvalue weighted by Gasteiger charge is -2.34. The predicted octanol–water partition coefficient (Wildman–Crippen LogP) is 1.20. The average molecular weight is 201 g/mol. The van der Waals surface area contributed by atoms with Crippen molar-refractivity contribution in [1.29, 1.82) is 0 Å². The van der Waals surface area contributed by atoms with Gasteiger partial charge < -0.3 is 17.2 Å². The molecule has 0 aromatic rings. The summed E-state index contributed by atoms with van der Waals surface area (Å²) in [6.07, 6.45) is 2.99. The summed E-state index contributed by atoms with van der Waals surface area (Å²) in [5.41, 5.74) is 17.7. The van der Waals surface area contributed by atoms with Crippen LogP contribution in [0.4, 0.5) is 0 Å². The number of hydrogen-bond donors (Lipinski definition) is 3. The molecule has 3 unspecified atom stereocenters. The normalized spacial score (nSPS) is 22.5. The Labute approximate surface area is 88.4 Å². The monoisotopic (exact) mass is 201 g/mol. The number of hydrogen-bond acceptors (Lipinski definition) is 3. The van der Waals surface area contributed by atoms with E-state index in [9.17, 15) is 0 Å². The molecule has 0 aliphatic carbocycles. The summed E-state index contributed by atoms with van der Waals surface area (Å²) in [5.74, 6) is 0. The highest BCUT2D eigenvalue weighted by Crippen LogP contribution is 2.33. The van der Waals surface area contributed by atoms with Gasteiger partial charge in [0.25, 0.3) is 0 Å². The van der Waals surface area contributed by atoms with Crippen molar-refractivity contribution < 1.29 is 0 Å². The van der Waals surface area contributed by atoms with Gasteiger partial charge in [0.15, 0.2) is 0 Å². The van der Waals surface area contributed by atoms with Crippen molar-refractivity contribution in [1.82, 2.24) is 0 Å². The van der Waals surface area contributed by atoms with Crippen molar-refractivity contribution in [2.24, 2.45) is 22.6 Å². The van der Waals surface area contributed by atoms with E-state index < -0.39 is 0 Å². The van der Waals surface area contributed by atoms with Gasteiger partial charge in [-0.15, -0.1) is 0 Å². The summed E-state index contributed by atoms with van der Waals surface area (Å²) < 4.78 is 0. The highest BCUT2D eigenvalue weighted by molar-refractivity contribution is 4.83. The highest BCUT2D eigenvalue weighted by Gasteiger charge is 2.27. The van der Waals surface area contributed by atoms with Crippen molar-refractivity contribution >= 4 is 0 Å². The first-order valence-corrected chi connectivity index (χ1v) is 5.52. The molecule has 14 heavy (non-hydrogen) atoms. The maximum absolute atomic E-state index is 5.85. The zero-order valence-electron chi connectivity index (χ0n) is 10.1. The van der Waals surface area contributed by atoms with Crippen LogP contribution in [0.25, 0.3) is 0 Å². The molecule has 0 heterocycles. The summed E-state index contributed by atoms with van der Waals surface area (Å²) in [6, 6.07) is 0.660. The van der Waals surface area contributed by atoms with Gasteiger partial charge in [0.1, 0.15) is 0 Å². The molecule has 3 nitrogen and oxygen atoms in total. The van der Waals surface area contributed by atoms with Crippen LogP contribution in [-0.4, -0.2) is 18.1 Å². The van der Waals surface area contributed by atoms with Gasteiger partial charge in [0.05, 0.1) is 0 Å². The average Bonchev–Trinajstić information content (AvgIpc) is 1.76. The lowest BCUT2D eigenvalue weighted by molar-refractivity contribution is 0.207. The van der Waals surface area contributed by atoms with Crippen LogP contribution in [0, 0.1) is 5.41 Å². The predicted molar refractivity (Wildman–Crippen MR) is 62.9 cm³/mol. The molecule has 0 fully saturated rings. The molecule has 3 atom stereocenters. The molecular weight excluding hydrogens is 174 g/mol. The Morgan fingerprint density at radius 3 is 1.14 bits per heavy atom. The molecule has 0 spiro atoms. The maximum Gasteiger partial charge on any atom is 0.00156 e. The summed E-state index contributed by atoms with van der Waals surface area (Å²) in [5, 5.41) is 0. The molecule has 3 heteroatoms. The molecule has 86 valence electrons. The molecule has 0 aromatic heterocycles. The third-order valence-electron chi connectivity index (χ3n) is 2.44. The van der Waals surface area contributed by atoms with Crippen LogP contribution in [0.15, 0.2) is 0 Å². The minimum atomic E-state index is 0.191. The summed E-state index contributed by atoms with van der Waals surface area (Å²) >= 11 is 0. The van der Waals surface area contributed by atoms with E-state index in [0.29, 0.717) is 0 Å². The third-order valence-corrected chi connectivity index (χ3v) is 2.44. The molecule has 0 saturated carbocycles. The lowest BCUT2D eigenvalue weighted by Crippen LogP contribution is -2.36. The van der Waals surface area contributed by atoms with Crippen molar-refractivity contribution in [3.63, 3.8) is 0 Å². The molecule has 0 bridgehead atoms. The van der Waals surface area contributed by atoms with E-state index in [0.717, 1.165) is 19.3 Å². The molecule has 0 rings (SSSR count). The fraction of sp³-hybridized carbons (Fsp3) is 1.00. The zero-order valence-corrected chi connectivity index (χ0v) is 10.1. The minimum absolute atomic E-state index is 0.191. The molecule has 0 aliphatic heterocycles. The van der Waals surface area contributed by atoms with Gasteiger partial charge in [0, 0.05) is 18.1 Å². The largest absolute Gasteiger partial charge is 0.328 e. The van der Waals surface area contributed by atoms with Crippen LogP contribution in [-0.2, 0) is 0 Å². The Morgan fingerprint density at radius 1 is 0.786 bits per heavy atom. The van der Waals surface area contributed by atoms with Gasteiger partial charge in [-0.3, -0.25) is 0 Å². The molecular formula is C11H27N3. The Bertz CT molecular complexity index is 126. The van der Waals surface area contributed by atoms with E-state index >= 15 is 0 Å². The first-order chi connectivity index (χ1) is 6.25. The summed E-state index contributed by atoms with van der Waals surface area (Å²) in [6.45, 7) is 8.37. The molecule has 0 amide bonds. The maximum atomic E-state index is 5.85. The molecule has 0 aliphatic rings. The SMILES string of the molecule is CC(N)CC(C)(CC(C)N)CC(C)N. The van der Waals surface area contributed by atoms with Gasteiger partial charge in [-0.2, -0.15) is 0 Å². The van der Waals surface area contributed by atoms with Crippen LogP contribution in [0.2, 0.25) is 0 Å². The second kappa shape index (κ2) is 5.69. The van der Waals surface area contributed by atoms with E-state index in [1.165, 1.54) is 0 Å².